The van der Waals surface area contributed by atoms with Gasteiger partial charge in [0.2, 0.25) is 15.9 Å². The van der Waals surface area contributed by atoms with Gasteiger partial charge in [0.05, 0.1) is 26.0 Å². The minimum Gasteiger partial charge on any atom is -0.495 e. The van der Waals surface area contributed by atoms with Gasteiger partial charge in [0.1, 0.15) is 16.7 Å². The molecule has 0 saturated carbocycles. The second-order valence-electron chi connectivity index (χ2n) is 6.66. The van der Waals surface area contributed by atoms with Crippen molar-refractivity contribution in [1.29, 1.82) is 0 Å². The summed E-state index contributed by atoms with van der Waals surface area (Å²) in [5, 5.41) is 0. The maximum atomic E-state index is 13.1. The Labute approximate surface area is 159 Å². The van der Waals surface area contributed by atoms with Crippen molar-refractivity contribution in [3.8, 4) is 11.6 Å². The Hall–Kier alpha value is -2.39. The fourth-order valence-corrected chi connectivity index (χ4v) is 4.65. The van der Waals surface area contributed by atoms with Gasteiger partial charge in [-0.25, -0.2) is 8.42 Å². The monoisotopic (exact) mass is 392 g/mol. The van der Waals surface area contributed by atoms with Crippen molar-refractivity contribution in [2.24, 2.45) is 0 Å². The summed E-state index contributed by atoms with van der Waals surface area (Å²) in [4.78, 5) is 10.5. The third kappa shape index (κ3) is 4.14. The minimum atomic E-state index is -3.67. The number of methoxy groups -OCH3 is 1. The smallest absolute Gasteiger partial charge is 0.246 e. The van der Waals surface area contributed by atoms with Crippen molar-refractivity contribution >= 4 is 15.8 Å². The lowest BCUT2D eigenvalue weighted by molar-refractivity contribution is 0.206. The van der Waals surface area contributed by atoms with Crippen molar-refractivity contribution in [3.63, 3.8) is 0 Å². The first kappa shape index (κ1) is 19.4. The molecule has 0 spiro atoms. The summed E-state index contributed by atoms with van der Waals surface area (Å²) in [5.41, 5.74) is 0.858. The Morgan fingerprint density at radius 2 is 2.04 bits per heavy atom. The highest BCUT2D eigenvalue weighted by Crippen LogP contribution is 2.30. The normalized spacial score (nSPS) is 17.7. The summed E-state index contributed by atoms with van der Waals surface area (Å²) in [6.07, 6.45) is 3.49. The van der Waals surface area contributed by atoms with Crippen LogP contribution in [0.25, 0.3) is 0 Å². The predicted molar refractivity (Wildman–Crippen MR) is 102 cm³/mol. The second kappa shape index (κ2) is 7.69. The Morgan fingerprint density at radius 3 is 2.74 bits per heavy atom. The average Bonchev–Trinajstić information content (AvgIpc) is 3.11. The lowest BCUT2D eigenvalue weighted by Crippen LogP contribution is -2.31. The van der Waals surface area contributed by atoms with Crippen molar-refractivity contribution in [3.05, 3.63) is 36.2 Å². The van der Waals surface area contributed by atoms with Crippen LogP contribution in [0.5, 0.6) is 11.6 Å². The Bertz CT molecular complexity index is 917. The van der Waals surface area contributed by atoms with Crippen LogP contribution in [0.1, 0.15) is 12.0 Å². The molecule has 0 bridgehead atoms. The highest BCUT2D eigenvalue weighted by atomic mass is 32.2. The van der Waals surface area contributed by atoms with Crippen molar-refractivity contribution in [1.82, 2.24) is 14.3 Å². The molecule has 27 heavy (non-hydrogen) atoms. The molecule has 0 amide bonds. The van der Waals surface area contributed by atoms with E-state index < -0.39 is 10.0 Å². The molecule has 0 radical (unpaired) electrons. The van der Waals surface area contributed by atoms with Crippen molar-refractivity contribution in [2.75, 3.05) is 39.2 Å². The maximum absolute atomic E-state index is 13.1. The molecule has 3 rings (SSSR count). The van der Waals surface area contributed by atoms with Gasteiger partial charge in [0.15, 0.2) is 5.82 Å². The summed E-state index contributed by atoms with van der Waals surface area (Å²) in [5.74, 6) is 1.41. The SMILES string of the molecule is COc1ccc(C)cc1S(=O)(=O)N1CC[C@@H](Oc2cncc(N(C)C)n2)C1. The van der Waals surface area contributed by atoms with Crippen molar-refractivity contribution < 1.29 is 17.9 Å². The Kier molecular flexibility index (Phi) is 5.52. The molecule has 1 aromatic heterocycles. The van der Waals surface area contributed by atoms with E-state index in [1.807, 2.05) is 32.0 Å². The van der Waals surface area contributed by atoms with E-state index in [9.17, 15) is 8.42 Å². The number of aromatic nitrogens is 2. The van der Waals surface area contributed by atoms with E-state index in [1.54, 1.807) is 18.3 Å². The summed E-state index contributed by atoms with van der Waals surface area (Å²) in [6, 6.07) is 5.13. The minimum absolute atomic E-state index is 0.181. The Balaban J connectivity index is 1.76. The van der Waals surface area contributed by atoms with Gasteiger partial charge in [-0.3, -0.25) is 4.98 Å². The average molecular weight is 392 g/mol. The zero-order valence-corrected chi connectivity index (χ0v) is 16.7. The Morgan fingerprint density at radius 1 is 1.26 bits per heavy atom. The topological polar surface area (TPSA) is 84.9 Å². The van der Waals surface area contributed by atoms with Crippen LogP contribution in [0.3, 0.4) is 0 Å². The van der Waals surface area contributed by atoms with E-state index in [0.717, 1.165) is 5.56 Å². The van der Waals surface area contributed by atoms with Gasteiger partial charge < -0.3 is 14.4 Å². The molecule has 1 aromatic carbocycles. The van der Waals surface area contributed by atoms with Gasteiger partial charge in [0, 0.05) is 20.6 Å². The molecule has 0 N–H and O–H groups in total. The molecule has 1 fully saturated rings. The van der Waals surface area contributed by atoms with E-state index in [0.29, 0.717) is 30.4 Å². The molecule has 0 aliphatic carbocycles. The van der Waals surface area contributed by atoms with E-state index in [2.05, 4.69) is 9.97 Å². The summed E-state index contributed by atoms with van der Waals surface area (Å²) in [7, 11) is 1.54. The summed E-state index contributed by atoms with van der Waals surface area (Å²) in [6.45, 7) is 2.49. The number of hydrogen-bond donors (Lipinski definition) is 0. The van der Waals surface area contributed by atoms with Gasteiger partial charge in [-0.2, -0.15) is 9.29 Å². The number of ether oxygens (including phenoxy) is 2. The van der Waals surface area contributed by atoms with Crippen LogP contribution in [0, 0.1) is 6.92 Å². The highest BCUT2D eigenvalue weighted by molar-refractivity contribution is 7.89. The van der Waals surface area contributed by atoms with Crippen molar-refractivity contribution in [2.45, 2.75) is 24.3 Å². The molecule has 0 unspecified atom stereocenters. The van der Waals surface area contributed by atoms with Crippen LogP contribution in [0.15, 0.2) is 35.5 Å². The molecule has 8 nitrogen and oxygen atoms in total. The highest BCUT2D eigenvalue weighted by Gasteiger charge is 2.35. The molecular weight excluding hydrogens is 368 g/mol. The summed E-state index contributed by atoms with van der Waals surface area (Å²) < 4.78 is 38.7. The zero-order chi connectivity index (χ0) is 19.6. The lowest BCUT2D eigenvalue weighted by Gasteiger charge is -2.19. The van der Waals surface area contributed by atoms with Crippen LogP contribution in [0.2, 0.25) is 0 Å². The number of hydrogen-bond acceptors (Lipinski definition) is 7. The predicted octanol–water partition coefficient (Wildman–Crippen LogP) is 1.70. The number of aryl methyl sites for hydroxylation is 1. The fourth-order valence-electron chi connectivity index (χ4n) is 2.92. The fraction of sp³-hybridized carbons (Fsp3) is 0.444. The number of sulfonamides is 1. The molecule has 1 atom stereocenters. The first-order chi connectivity index (χ1) is 12.8. The van der Waals surface area contributed by atoms with Crippen LogP contribution in [-0.4, -0.2) is 63.1 Å². The van der Waals surface area contributed by atoms with E-state index >= 15 is 0 Å². The van der Waals surface area contributed by atoms with Crippen LogP contribution in [-0.2, 0) is 10.0 Å². The lowest BCUT2D eigenvalue weighted by atomic mass is 10.2. The number of rotatable bonds is 6. The number of anilines is 1. The van der Waals surface area contributed by atoms with Gasteiger partial charge in [-0.15, -0.1) is 0 Å². The molecule has 1 saturated heterocycles. The number of nitrogens with zero attached hydrogens (tertiary/aromatic N) is 4. The molecule has 2 heterocycles. The second-order valence-corrected chi connectivity index (χ2v) is 8.56. The number of benzene rings is 1. The van der Waals surface area contributed by atoms with Gasteiger partial charge in [0.25, 0.3) is 0 Å². The molecule has 146 valence electrons. The van der Waals surface area contributed by atoms with Gasteiger partial charge in [-0.05, 0) is 31.0 Å². The first-order valence-electron chi connectivity index (χ1n) is 8.62. The standard InChI is InChI=1S/C18H24N4O4S/c1-13-5-6-15(25-4)16(9-13)27(23,24)22-8-7-14(12-22)26-18-11-19-10-17(20-18)21(2)3/h5-6,9-11,14H,7-8,12H2,1-4H3/t14-/m1/s1. The molecular formula is C18H24N4O4S. The van der Waals surface area contributed by atoms with E-state index in [4.69, 9.17) is 9.47 Å². The summed E-state index contributed by atoms with van der Waals surface area (Å²) >= 11 is 0. The van der Waals surface area contributed by atoms with E-state index in [1.165, 1.54) is 17.6 Å². The molecule has 2 aromatic rings. The largest absolute Gasteiger partial charge is 0.495 e. The molecule has 1 aliphatic heterocycles. The van der Waals surface area contributed by atoms with Gasteiger partial charge >= 0.3 is 0 Å². The van der Waals surface area contributed by atoms with Crippen LogP contribution in [0.4, 0.5) is 5.82 Å². The molecule has 9 heteroatoms. The van der Waals surface area contributed by atoms with Crippen LogP contribution < -0.4 is 14.4 Å². The maximum Gasteiger partial charge on any atom is 0.246 e. The first-order valence-corrected chi connectivity index (χ1v) is 10.1. The third-order valence-electron chi connectivity index (χ3n) is 4.39. The quantitative estimate of drug-likeness (QED) is 0.740. The molecule has 1 aliphatic rings. The zero-order valence-electron chi connectivity index (χ0n) is 15.9. The third-order valence-corrected chi connectivity index (χ3v) is 6.28. The van der Waals surface area contributed by atoms with Crippen LogP contribution >= 0.6 is 0 Å². The van der Waals surface area contributed by atoms with Gasteiger partial charge in [-0.1, -0.05) is 6.07 Å². The van der Waals surface area contributed by atoms with E-state index in [-0.39, 0.29) is 17.5 Å².